The zero-order valence-electron chi connectivity index (χ0n) is 13.7. The maximum absolute atomic E-state index is 9.90. The van der Waals surface area contributed by atoms with Gasteiger partial charge in [-0.3, -0.25) is 0 Å². The summed E-state index contributed by atoms with van der Waals surface area (Å²) in [5, 5.41) is 18.4. The molecular weight excluding hydrogens is 298 g/mol. The van der Waals surface area contributed by atoms with Gasteiger partial charge in [-0.25, -0.2) is 4.98 Å². The van der Waals surface area contributed by atoms with Gasteiger partial charge in [-0.2, -0.15) is 0 Å². The van der Waals surface area contributed by atoms with Crippen LogP contribution in [0, 0.1) is 6.92 Å². The Morgan fingerprint density at radius 1 is 1.45 bits per heavy atom. The lowest BCUT2D eigenvalue weighted by atomic mass is 10.1. The molecule has 2 heterocycles. The average Bonchev–Trinajstić information content (AvgIpc) is 2.44. The number of nitrogens with zero attached hydrogens (tertiary/aromatic N) is 2. The minimum atomic E-state index is -0.572. The van der Waals surface area contributed by atoms with E-state index in [1.54, 1.807) is 11.8 Å². The van der Waals surface area contributed by atoms with Crippen LogP contribution in [0.2, 0.25) is 0 Å². The molecule has 5 nitrogen and oxygen atoms in total. The van der Waals surface area contributed by atoms with E-state index in [2.05, 4.69) is 36.2 Å². The normalized spacial score (nSPS) is 18.1. The summed E-state index contributed by atoms with van der Waals surface area (Å²) in [4.78, 5) is 9.88. The smallest absolute Gasteiger partial charge is 0.144 e. The number of thioether (sulfide) groups is 1. The van der Waals surface area contributed by atoms with Gasteiger partial charge in [0.25, 0.3) is 0 Å². The molecule has 0 aromatic carbocycles. The number of aryl methyl sites for hydroxylation is 1. The molecule has 1 aromatic heterocycles. The number of aromatic nitrogens is 1. The van der Waals surface area contributed by atoms with Crippen molar-refractivity contribution in [1.82, 2.24) is 10.3 Å². The largest absolute Gasteiger partial charge is 0.393 e. The number of rotatable bonds is 5. The van der Waals surface area contributed by atoms with Gasteiger partial charge in [0.2, 0.25) is 0 Å². The Bertz CT molecular complexity index is 541. The van der Waals surface area contributed by atoms with E-state index >= 15 is 0 Å². The zero-order chi connectivity index (χ0) is 16.2. The summed E-state index contributed by atoms with van der Waals surface area (Å²) in [5.41, 5.74) is 2.95. The van der Waals surface area contributed by atoms with E-state index in [-0.39, 0.29) is 12.1 Å². The summed E-state index contributed by atoms with van der Waals surface area (Å²) in [7, 11) is 0. The quantitative estimate of drug-likeness (QED) is 0.814. The third-order valence-electron chi connectivity index (χ3n) is 3.20. The number of fused-ring (bicyclic) bond motifs is 1. The minimum absolute atomic E-state index is 0.0179. The van der Waals surface area contributed by atoms with E-state index in [1.165, 1.54) is 0 Å². The van der Waals surface area contributed by atoms with Crippen molar-refractivity contribution in [3.63, 3.8) is 0 Å². The number of hydrogen-bond donors (Lipinski definition) is 2. The van der Waals surface area contributed by atoms with Crippen LogP contribution in [0.15, 0.2) is 22.3 Å². The molecule has 2 rings (SSSR count). The molecule has 22 heavy (non-hydrogen) atoms. The van der Waals surface area contributed by atoms with Crippen LogP contribution in [0.1, 0.15) is 38.4 Å². The first kappa shape index (κ1) is 17.2. The van der Waals surface area contributed by atoms with Crippen LogP contribution < -0.4 is 5.32 Å². The van der Waals surface area contributed by atoms with Gasteiger partial charge < -0.3 is 15.3 Å². The number of aliphatic hydroxyl groups excluding tert-OH is 1. The van der Waals surface area contributed by atoms with Crippen molar-refractivity contribution >= 4 is 17.5 Å². The maximum Gasteiger partial charge on any atom is 0.144 e. The zero-order valence-corrected chi connectivity index (χ0v) is 14.5. The lowest BCUT2D eigenvalue weighted by Gasteiger charge is -2.22. The van der Waals surface area contributed by atoms with Crippen molar-refractivity contribution in [3.05, 3.63) is 23.4 Å². The SMILES string of the molecule is Cc1ccc2c(n1)SCC/C2=N\OCC(O)CNC(C)(C)C. The second kappa shape index (κ2) is 7.44. The van der Waals surface area contributed by atoms with E-state index in [0.29, 0.717) is 6.54 Å². The molecule has 1 aromatic rings. The van der Waals surface area contributed by atoms with Crippen LogP contribution in [0.25, 0.3) is 0 Å². The molecule has 0 spiro atoms. The molecule has 0 radical (unpaired) electrons. The van der Waals surface area contributed by atoms with Gasteiger partial charge in [-0.15, -0.1) is 11.8 Å². The molecule has 122 valence electrons. The molecular formula is C16H25N3O2S. The third kappa shape index (κ3) is 5.26. The second-order valence-corrected chi connectivity index (χ2v) is 7.61. The summed E-state index contributed by atoms with van der Waals surface area (Å²) in [5.74, 6) is 0.958. The Kier molecular flexibility index (Phi) is 5.83. The fourth-order valence-electron chi connectivity index (χ4n) is 2.02. The van der Waals surface area contributed by atoms with Crippen molar-refractivity contribution in [3.8, 4) is 0 Å². The Morgan fingerprint density at radius 3 is 2.95 bits per heavy atom. The molecule has 6 heteroatoms. The Morgan fingerprint density at radius 2 is 2.23 bits per heavy atom. The number of aliphatic hydroxyl groups is 1. The van der Waals surface area contributed by atoms with Gasteiger partial charge in [-0.05, 0) is 39.8 Å². The highest BCUT2D eigenvalue weighted by atomic mass is 32.2. The topological polar surface area (TPSA) is 66.7 Å². The number of nitrogens with one attached hydrogen (secondary N) is 1. The summed E-state index contributed by atoms with van der Waals surface area (Å²) in [6.07, 6.45) is 0.288. The van der Waals surface area contributed by atoms with Gasteiger partial charge in [0, 0.05) is 35.5 Å². The molecule has 1 unspecified atom stereocenters. The molecule has 0 saturated heterocycles. The maximum atomic E-state index is 9.90. The van der Waals surface area contributed by atoms with Crippen LogP contribution in [-0.4, -0.2) is 46.3 Å². The highest BCUT2D eigenvalue weighted by Crippen LogP contribution is 2.28. The Balaban J connectivity index is 1.89. The van der Waals surface area contributed by atoms with E-state index in [1.807, 2.05) is 19.1 Å². The van der Waals surface area contributed by atoms with Gasteiger partial charge in [0.1, 0.15) is 17.7 Å². The highest BCUT2D eigenvalue weighted by molar-refractivity contribution is 7.99. The van der Waals surface area contributed by atoms with Crippen molar-refractivity contribution in [2.24, 2.45) is 5.16 Å². The van der Waals surface area contributed by atoms with Crippen molar-refractivity contribution in [2.45, 2.75) is 50.8 Å². The van der Waals surface area contributed by atoms with E-state index in [4.69, 9.17) is 4.84 Å². The van der Waals surface area contributed by atoms with Crippen LogP contribution in [-0.2, 0) is 4.84 Å². The second-order valence-electron chi connectivity index (χ2n) is 6.52. The van der Waals surface area contributed by atoms with Crippen LogP contribution >= 0.6 is 11.8 Å². The first-order valence-electron chi connectivity index (χ1n) is 7.58. The molecule has 2 N–H and O–H groups in total. The van der Waals surface area contributed by atoms with E-state index in [0.717, 1.165) is 34.2 Å². The summed E-state index contributed by atoms with van der Waals surface area (Å²) >= 11 is 1.75. The van der Waals surface area contributed by atoms with Crippen LogP contribution in [0.4, 0.5) is 0 Å². The van der Waals surface area contributed by atoms with Gasteiger partial charge in [-0.1, -0.05) is 5.16 Å². The lowest BCUT2D eigenvalue weighted by molar-refractivity contribution is 0.0371. The summed E-state index contributed by atoms with van der Waals surface area (Å²) < 4.78 is 0. The monoisotopic (exact) mass is 323 g/mol. The van der Waals surface area contributed by atoms with Crippen molar-refractivity contribution in [2.75, 3.05) is 18.9 Å². The first-order chi connectivity index (χ1) is 10.3. The fourth-order valence-corrected chi connectivity index (χ4v) is 3.06. The van der Waals surface area contributed by atoms with Crippen molar-refractivity contribution < 1.29 is 9.94 Å². The van der Waals surface area contributed by atoms with Gasteiger partial charge >= 0.3 is 0 Å². The highest BCUT2D eigenvalue weighted by Gasteiger charge is 2.18. The molecule has 0 amide bonds. The van der Waals surface area contributed by atoms with E-state index < -0.39 is 6.10 Å². The van der Waals surface area contributed by atoms with Gasteiger partial charge in [0.05, 0.1) is 5.71 Å². The minimum Gasteiger partial charge on any atom is -0.393 e. The Labute approximate surface area is 136 Å². The summed E-state index contributed by atoms with van der Waals surface area (Å²) in [6, 6.07) is 4.03. The molecule has 0 saturated carbocycles. The Hall–Kier alpha value is -1.11. The van der Waals surface area contributed by atoms with Crippen LogP contribution in [0.5, 0.6) is 0 Å². The molecule has 0 fully saturated rings. The molecule has 1 aliphatic rings. The van der Waals surface area contributed by atoms with Crippen LogP contribution in [0.3, 0.4) is 0 Å². The molecule has 1 atom stereocenters. The summed E-state index contributed by atoms with van der Waals surface area (Å²) in [6.45, 7) is 8.85. The van der Waals surface area contributed by atoms with Crippen molar-refractivity contribution in [1.29, 1.82) is 0 Å². The third-order valence-corrected chi connectivity index (χ3v) is 4.19. The predicted molar refractivity (Wildman–Crippen MR) is 90.6 cm³/mol. The molecule has 0 bridgehead atoms. The molecule has 1 aliphatic heterocycles. The lowest BCUT2D eigenvalue weighted by Crippen LogP contribution is -2.42. The first-order valence-corrected chi connectivity index (χ1v) is 8.56. The standard InChI is InChI=1S/C16H25N3O2S/c1-11-5-6-13-14(7-8-22-15(13)18-11)19-21-10-12(20)9-17-16(2,3)4/h5-6,12,17,20H,7-10H2,1-4H3/b19-14+. The fraction of sp³-hybridized carbons (Fsp3) is 0.625. The predicted octanol–water partition coefficient (Wildman–Crippen LogP) is 2.36. The number of hydrogen-bond acceptors (Lipinski definition) is 6. The van der Waals surface area contributed by atoms with E-state index in [9.17, 15) is 5.11 Å². The average molecular weight is 323 g/mol. The molecule has 0 aliphatic carbocycles. The van der Waals surface area contributed by atoms with Gasteiger partial charge in [0.15, 0.2) is 0 Å². The number of β-amino-alcohol motifs (C(OH)–C–C–N with tert-alkyl or cyclic N) is 1. The number of pyridine rings is 1. The number of oxime groups is 1.